The van der Waals surface area contributed by atoms with Crippen LogP contribution in [0.4, 0.5) is 5.69 Å². The van der Waals surface area contributed by atoms with Crippen LogP contribution in [0, 0.1) is 5.92 Å². The molecule has 19 heavy (non-hydrogen) atoms. The summed E-state index contributed by atoms with van der Waals surface area (Å²) in [5.41, 5.74) is 2.45. The van der Waals surface area contributed by atoms with Gasteiger partial charge in [-0.25, -0.2) is 0 Å². The van der Waals surface area contributed by atoms with Gasteiger partial charge >= 0.3 is 0 Å². The van der Waals surface area contributed by atoms with Crippen LogP contribution in [0.2, 0.25) is 0 Å². The van der Waals surface area contributed by atoms with Crippen LogP contribution in [-0.4, -0.2) is 6.61 Å². The Morgan fingerprint density at radius 3 is 2.42 bits per heavy atom. The van der Waals surface area contributed by atoms with Crippen molar-refractivity contribution in [1.29, 1.82) is 0 Å². The quantitative estimate of drug-likeness (QED) is 0.805. The van der Waals surface area contributed by atoms with Crippen molar-refractivity contribution in [2.24, 2.45) is 5.92 Å². The molecule has 2 aromatic rings. The third-order valence-corrected chi connectivity index (χ3v) is 3.55. The van der Waals surface area contributed by atoms with Crippen molar-refractivity contribution in [2.75, 3.05) is 11.9 Å². The van der Waals surface area contributed by atoms with Crippen LogP contribution in [0.5, 0.6) is 5.75 Å². The summed E-state index contributed by atoms with van der Waals surface area (Å²) >= 11 is 1.71. The van der Waals surface area contributed by atoms with Crippen molar-refractivity contribution in [3.63, 3.8) is 0 Å². The molecule has 0 spiro atoms. The largest absolute Gasteiger partial charge is 0.493 e. The first-order valence-electron chi connectivity index (χ1n) is 6.66. The van der Waals surface area contributed by atoms with Crippen molar-refractivity contribution in [1.82, 2.24) is 0 Å². The molecular weight excluding hydrogens is 254 g/mol. The highest BCUT2D eigenvalue weighted by Gasteiger charge is 2.06. The second-order valence-electron chi connectivity index (χ2n) is 5.15. The molecule has 102 valence electrons. The maximum atomic E-state index is 5.69. The minimum Gasteiger partial charge on any atom is -0.493 e. The highest BCUT2D eigenvalue weighted by molar-refractivity contribution is 7.08. The summed E-state index contributed by atoms with van der Waals surface area (Å²) in [5.74, 6) is 1.50. The molecule has 3 heteroatoms. The molecule has 1 aromatic heterocycles. The molecule has 1 unspecified atom stereocenters. The highest BCUT2D eigenvalue weighted by Crippen LogP contribution is 2.23. The monoisotopic (exact) mass is 275 g/mol. The fourth-order valence-corrected chi connectivity index (χ4v) is 2.39. The van der Waals surface area contributed by atoms with Gasteiger partial charge in [0.05, 0.1) is 6.61 Å². The molecular formula is C16H21NOS. The molecule has 2 nitrogen and oxygen atoms in total. The standard InChI is InChI=1S/C16H21NOS/c1-12(2)10-18-16-6-4-14(5-7-16)13(3)17-15-8-9-19-11-15/h4-9,11-13,17H,10H2,1-3H3. The van der Waals surface area contributed by atoms with Gasteiger partial charge in [0, 0.05) is 17.1 Å². The molecule has 1 N–H and O–H groups in total. The van der Waals surface area contributed by atoms with Crippen molar-refractivity contribution in [3.05, 3.63) is 46.7 Å². The Labute approximate surface area is 119 Å². The summed E-state index contributed by atoms with van der Waals surface area (Å²) in [7, 11) is 0. The van der Waals surface area contributed by atoms with Gasteiger partial charge in [-0.3, -0.25) is 0 Å². The molecule has 1 heterocycles. The lowest BCUT2D eigenvalue weighted by atomic mass is 10.1. The number of hydrogen-bond acceptors (Lipinski definition) is 3. The van der Waals surface area contributed by atoms with Gasteiger partial charge in [-0.15, -0.1) is 0 Å². The number of nitrogens with one attached hydrogen (secondary N) is 1. The van der Waals surface area contributed by atoms with E-state index >= 15 is 0 Å². The predicted molar refractivity (Wildman–Crippen MR) is 83.1 cm³/mol. The van der Waals surface area contributed by atoms with Gasteiger partial charge in [-0.05, 0) is 42.0 Å². The van der Waals surface area contributed by atoms with E-state index in [0.717, 1.165) is 12.4 Å². The Kier molecular flexibility index (Phi) is 4.86. The summed E-state index contributed by atoms with van der Waals surface area (Å²) in [6.07, 6.45) is 0. The number of thiophene rings is 1. The van der Waals surface area contributed by atoms with E-state index in [0.29, 0.717) is 12.0 Å². The fourth-order valence-electron chi connectivity index (χ4n) is 1.80. The lowest BCUT2D eigenvalue weighted by Gasteiger charge is -2.15. The van der Waals surface area contributed by atoms with Crippen molar-refractivity contribution < 1.29 is 4.74 Å². The summed E-state index contributed by atoms with van der Waals surface area (Å²) < 4.78 is 5.69. The molecule has 2 rings (SSSR count). The first kappa shape index (κ1) is 13.9. The van der Waals surface area contributed by atoms with Crippen molar-refractivity contribution in [2.45, 2.75) is 26.8 Å². The highest BCUT2D eigenvalue weighted by atomic mass is 32.1. The number of ether oxygens (including phenoxy) is 1. The molecule has 0 saturated heterocycles. The van der Waals surface area contributed by atoms with Crippen LogP contribution < -0.4 is 10.1 Å². The second kappa shape index (κ2) is 6.62. The van der Waals surface area contributed by atoms with E-state index in [1.165, 1.54) is 11.3 Å². The summed E-state index contributed by atoms with van der Waals surface area (Å²) in [5, 5.41) is 7.68. The Morgan fingerprint density at radius 2 is 1.84 bits per heavy atom. The van der Waals surface area contributed by atoms with Gasteiger partial charge in [-0.1, -0.05) is 26.0 Å². The molecule has 0 amide bonds. The molecule has 0 aliphatic rings. The van der Waals surface area contributed by atoms with E-state index in [2.05, 4.69) is 55.0 Å². The third-order valence-electron chi connectivity index (χ3n) is 2.87. The minimum atomic E-state index is 0.300. The molecule has 0 radical (unpaired) electrons. The van der Waals surface area contributed by atoms with Gasteiger partial charge in [0.1, 0.15) is 5.75 Å². The zero-order valence-electron chi connectivity index (χ0n) is 11.7. The molecule has 1 atom stereocenters. The van der Waals surface area contributed by atoms with Gasteiger partial charge in [0.15, 0.2) is 0 Å². The first-order chi connectivity index (χ1) is 9.15. The van der Waals surface area contributed by atoms with E-state index in [1.807, 2.05) is 12.1 Å². The zero-order valence-corrected chi connectivity index (χ0v) is 12.5. The maximum Gasteiger partial charge on any atom is 0.119 e. The van der Waals surface area contributed by atoms with Crippen molar-refractivity contribution in [3.8, 4) is 5.75 Å². The van der Waals surface area contributed by atoms with Gasteiger partial charge in [0.2, 0.25) is 0 Å². The number of rotatable bonds is 6. The first-order valence-corrected chi connectivity index (χ1v) is 7.61. The van der Waals surface area contributed by atoms with Crippen LogP contribution in [0.25, 0.3) is 0 Å². The van der Waals surface area contributed by atoms with Crippen LogP contribution in [0.3, 0.4) is 0 Å². The van der Waals surface area contributed by atoms with E-state index in [9.17, 15) is 0 Å². The molecule has 0 saturated carbocycles. The lowest BCUT2D eigenvalue weighted by molar-refractivity contribution is 0.271. The van der Waals surface area contributed by atoms with Crippen LogP contribution in [-0.2, 0) is 0 Å². The maximum absolute atomic E-state index is 5.69. The second-order valence-corrected chi connectivity index (χ2v) is 5.93. The lowest BCUT2D eigenvalue weighted by Crippen LogP contribution is -2.07. The van der Waals surface area contributed by atoms with E-state index in [4.69, 9.17) is 4.74 Å². The van der Waals surface area contributed by atoms with Crippen LogP contribution in [0.15, 0.2) is 41.1 Å². The molecule has 0 aliphatic carbocycles. The zero-order chi connectivity index (χ0) is 13.7. The van der Waals surface area contributed by atoms with Crippen LogP contribution >= 0.6 is 11.3 Å². The normalized spacial score (nSPS) is 12.4. The van der Waals surface area contributed by atoms with Gasteiger partial charge in [-0.2, -0.15) is 11.3 Å². The van der Waals surface area contributed by atoms with Crippen molar-refractivity contribution >= 4 is 17.0 Å². The van der Waals surface area contributed by atoms with E-state index in [1.54, 1.807) is 11.3 Å². The average molecular weight is 275 g/mol. The topological polar surface area (TPSA) is 21.3 Å². The number of hydrogen-bond donors (Lipinski definition) is 1. The summed E-state index contributed by atoms with van der Waals surface area (Å²) in [6.45, 7) is 7.24. The number of anilines is 1. The Balaban J connectivity index is 1.93. The fraction of sp³-hybridized carbons (Fsp3) is 0.375. The molecule has 0 fully saturated rings. The molecule has 0 aliphatic heterocycles. The molecule has 0 bridgehead atoms. The van der Waals surface area contributed by atoms with Gasteiger partial charge < -0.3 is 10.1 Å². The van der Waals surface area contributed by atoms with Crippen LogP contribution in [0.1, 0.15) is 32.4 Å². The Morgan fingerprint density at radius 1 is 1.11 bits per heavy atom. The smallest absolute Gasteiger partial charge is 0.119 e. The number of benzene rings is 1. The predicted octanol–water partition coefficient (Wildman–Crippen LogP) is 4.96. The van der Waals surface area contributed by atoms with E-state index < -0.39 is 0 Å². The third kappa shape index (κ3) is 4.28. The Hall–Kier alpha value is -1.48. The van der Waals surface area contributed by atoms with E-state index in [-0.39, 0.29) is 0 Å². The minimum absolute atomic E-state index is 0.300. The summed E-state index contributed by atoms with van der Waals surface area (Å²) in [4.78, 5) is 0. The average Bonchev–Trinajstić information content (AvgIpc) is 2.89. The molecule has 1 aromatic carbocycles. The SMILES string of the molecule is CC(C)COc1ccc(C(C)Nc2ccsc2)cc1. The summed E-state index contributed by atoms with van der Waals surface area (Å²) in [6, 6.07) is 10.7. The Bertz CT molecular complexity index is 476. The van der Waals surface area contributed by atoms with Gasteiger partial charge in [0.25, 0.3) is 0 Å².